The van der Waals surface area contributed by atoms with E-state index >= 15 is 0 Å². The number of thioether (sulfide) groups is 2. The summed E-state index contributed by atoms with van der Waals surface area (Å²) in [4.78, 5) is 52.0. The van der Waals surface area contributed by atoms with Crippen LogP contribution in [-0.4, -0.2) is 83.7 Å². The number of rotatable bonds is 9. The number of carboxylic acid groups (broad SMARTS) is 1. The summed E-state index contributed by atoms with van der Waals surface area (Å²) >= 11 is 8.38. The van der Waals surface area contributed by atoms with Crippen LogP contribution in [-0.2, 0) is 19.2 Å². The molecule has 4 heterocycles. The predicted octanol–water partition coefficient (Wildman–Crippen LogP) is 1.64. The van der Waals surface area contributed by atoms with Crippen molar-refractivity contribution in [3.63, 3.8) is 0 Å². The topological polar surface area (TPSA) is 199 Å². The third kappa shape index (κ3) is 5.45. The van der Waals surface area contributed by atoms with Gasteiger partial charge in [-0.1, -0.05) is 28.5 Å². The van der Waals surface area contributed by atoms with Crippen LogP contribution in [0.25, 0.3) is 11.5 Å². The first-order chi connectivity index (χ1) is 19.3. The van der Waals surface area contributed by atoms with Gasteiger partial charge in [0.1, 0.15) is 30.0 Å². The number of benzene rings is 1. The number of carbonyl (C=O) groups is 3. The quantitative estimate of drug-likeness (QED) is 0.138. The monoisotopic (exact) mass is 602 g/mol. The van der Waals surface area contributed by atoms with E-state index < -0.39 is 29.2 Å². The zero-order valence-corrected chi connectivity index (χ0v) is 22.9. The molecule has 0 spiro atoms. The summed E-state index contributed by atoms with van der Waals surface area (Å²) in [7, 11) is 1.24. The van der Waals surface area contributed by atoms with Gasteiger partial charge < -0.3 is 25.4 Å². The molecule has 2 aliphatic heterocycles. The minimum atomic E-state index is -1.26. The van der Waals surface area contributed by atoms with Crippen molar-refractivity contribution < 1.29 is 28.7 Å². The van der Waals surface area contributed by atoms with Gasteiger partial charge in [0.05, 0.1) is 0 Å². The van der Waals surface area contributed by atoms with E-state index in [0.29, 0.717) is 27.8 Å². The fourth-order valence-corrected chi connectivity index (χ4v) is 6.27. The van der Waals surface area contributed by atoms with Crippen LogP contribution >= 0.6 is 35.1 Å². The van der Waals surface area contributed by atoms with Crippen LogP contribution in [0.2, 0.25) is 5.02 Å². The van der Waals surface area contributed by atoms with E-state index in [1.165, 1.54) is 31.1 Å². The highest BCUT2D eigenvalue weighted by Crippen LogP contribution is 2.41. The van der Waals surface area contributed by atoms with Crippen LogP contribution in [0.4, 0.5) is 5.82 Å². The first-order valence-electron chi connectivity index (χ1n) is 11.4. The molecule has 2 aromatic heterocycles. The van der Waals surface area contributed by atoms with Crippen molar-refractivity contribution >= 4 is 64.4 Å². The Bertz CT molecular complexity index is 1550. The molecule has 40 heavy (non-hydrogen) atoms. The Morgan fingerprint density at radius 1 is 1.32 bits per heavy atom. The van der Waals surface area contributed by atoms with Gasteiger partial charge in [0, 0.05) is 28.3 Å². The predicted molar refractivity (Wildman–Crippen MR) is 145 cm³/mol. The number of hydrogen-bond acceptors (Lipinski definition) is 13. The molecule has 1 saturated heterocycles. The lowest BCUT2D eigenvalue weighted by Crippen LogP contribution is -2.71. The third-order valence-electron chi connectivity index (χ3n) is 5.69. The van der Waals surface area contributed by atoms with Crippen LogP contribution in [0.3, 0.4) is 0 Å². The lowest BCUT2D eigenvalue weighted by molar-refractivity contribution is -0.150. The molecule has 2 amide bonds. The molecule has 0 radical (unpaired) electrons. The number of nitrogens with two attached hydrogens (primary N) is 1. The van der Waals surface area contributed by atoms with E-state index in [1.54, 1.807) is 24.3 Å². The Balaban J connectivity index is 1.28. The summed E-state index contributed by atoms with van der Waals surface area (Å²) in [5, 5.41) is 24.4. The maximum atomic E-state index is 13.0. The van der Waals surface area contributed by atoms with Gasteiger partial charge in [-0.05, 0) is 35.9 Å². The number of nitrogens with one attached hydrogen (secondary N) is 1. The minimum absolute atomic E-state index is 0.0926. The molecule has 1 aromatic carbocycles. The largest absolute Gasteiger partial charge is 0.477 e. The number of nitrogen functional groups attached to an aromatic ring is 1. The highest BCUT2D eigenvalue weighted by atomic mass is 35.5. The molecule has 3 aromatic rings. The molecule has 4 N–H and O–H groups in total. The van der Waals surface area contributed by atoms with Gasteiger partial charge in [0.25, 0.3) is 17.0 Å². The molecule has 5 rings (SSSR count). The maximum Gasteiger partial charge on any atom is 0.352 e. The number of oxime groups is 1. The lowest BCUT2D eigenvalue weighted by atomic mass is 10.0. The SMILES string of the molecule is CON=C(C(=O)NC1C(=O)N2C(C(=O)O)=C(CSc3nnc(-c4ccc(Cl)cc4)o3)CS[C@H]12)c1nccc(N)n1. The Labute approximate surface area is 239 Å². The number of fused-ring (bicyclic) bond motifs is 1. The number of carboxylic acids is 1. The lowest BCUT2D eigenvalue weighted by Gasteiger charge is -2.49. The molecule has 1 unspecified atom stereocenters. The first-order valence-corrected chi connectivity index (χ1v) is 13.8. The van der Waals surface area contributed by atoms with Gasteiger partial charge in [-0.3, -0.25) is 14.5 Å². The van der Waals surface area contributed by atoms with E-state index in [0.717, 1.165) is 16.7 Å². The van der Waals surface area contributed by atoms with Crippen LogP contribution in [0.1, 0.15) is 5.82 Å². The van der Waals surface area contributed by atoms with Gasteiger partial charge in [0.15, 0.2) is 5.82 Å². The van der Waals surface area contributed by atoms with E-state index in [9.17, 15) is 19.5 Å². The van der Waals surface area contributed by atoms with Crippen molar-refractivity contribution in [2.75, 3.05) is 24.3 Å². The summed E-state index contributed by atoms with van der Waals surface area (Å²) in [6.07, 6.45) is 1.35. The van der Waals surface area contributed by atoms with E-state index in [-0.39, 0.29) is 34.0 Å². The van der Waals surface area contributed by atoms with Crippen molar-refractivity contribution in [1.82, 2.24) is 30.4 Å². The molecule has 0 bridgehead atoms. The van der Waals surface area contributed by atoms with E-state index in [2.05, 4.69) is 30.6 Å². The summed E-state index contributed by atoms with van der Waals surface area (Å²) < 4.78 is 5.68. The second kappa shape index (κ2) is 11.5. The van der Waals surface area contributed by atoms with Crippen molar-refractivity contribution in [3.05, 3.63) is 58.6 Å². The summed E-state index contributed by atoms with van der Waals surface area (Å²) in [5.41, 5.74) is 6.42. The molecule has 0 saturated carbocycles. The standard InChI is InChI=1S/C23H19ClN8O6S2/c1-37-31-14(17-26-7-6-13(25)27-17)18(33)28-15-20(34)32-16(22(35)36)11(8-39-21(15)32)9-40-23-30-29-19(38-23)10-2-4-12(24)5-3-10/h2-7,15,21H,8-9H2,1H3,(H,28,33)(H,35,36)(H2,25,26,27)/t15?,21-/m1/s1. The third-order valence-corrected chi connectivity index (χ3v) is 8.19. The van der Waals surface area contributed by atoms with Gasteiger partial charge in [-0.2, -0.15) is 0 Å². The average Bonchev–Trinajstić information content (AvgIpc) is 3.42. The molecule has 206 valence electrons. The highest BCUT2D eigenvalue weighted by molar-refractivity contribution is 8.01. The fourth-order valence-electron chi connectivity index (χ4n) is 3.89. The number of β-lactam (4-membered cyclic amide) rings is 1. The number of carbonyl (C=O) groups excluding carboxylic acids is 2. The molecule has 14 nitrogen and oxygen atoms in total. The number of nitrogens with zero attached hydrogens (tertiary/aromatic N) is 6. The van der Waals surface area contributed by atoms with Gasteiger partial charge in [-0.15, -0.1) is 22.0 Å². The Morgan fingerprint density at radius 2 is 2.10 bits per heavy atom. The van der Waals surface area contributed by atoms with Crippen LogP contribution in [0, 0.1) is 0 Å². The van der Waals surface area contributed by atoms with Crippen molar-refractivity contribution in [2.24, 2.45) is 5.16 Å². The normalized spacial score (nSPS) is 18.7. The van der Waals surface area contributed by atoms with E-state index in [4.69, 9.17) is 26.6 Å². The average molecular weight is 603 g/mol. The van der Waals surface area contributed by atoms with Crippen LogP contribution in [0.5, 0.6) is 0 Å². The summed E-state index contributed by atoms with van der Waals surface area (Å²) in [5.74, 6) is -1.82. The Morgan fingerprint density at radius 3 is 2.80 bits per heavy atom. The maximum absolute atomic E-state index is 13.0. The molecule has 17 heteroatoms. The van der Waals surface area contributed by atoms with Gasteiger partial charge in [-0.25, -0.2) is 14.8 Å². The zero-order chi connectivity index (χ0) is 28.4. The molecule has 1 fully saturated rings. The number of halogens is 1. The molecule has 2 aliphatic rings. The molecular formula is C23H19ClN8O6S2. The molecular weight excluding hydrogens is 584 g/mol. The smallest absolute Gasteiger partial charge is 0.352 e. The van der Waals surface area contributed by atoms with Crippen molar-refractivity contribution in [3.8, 4) is 11.5 Å². The van der Waals surface area contributed by atoms with Gasteiger partial charge in [0.2, 0.25) is 11.6 Å². The number of aromatic nitrogens is 4. The highest BCUT2D eigenvalue weighted by Gasteiger charge is 2.54. The number of anilines is 1. The van der Waals surface area contributed by atoms with Crippen molar-refractivity contribution in [2.45, 2.75) is 16.6 Å². The van der Waals surface area contributed by atoms with Gasteiger partial charge >= 0.3 is 5.97 Å². The van der Waals surface area contributed by atoms with E-state index in [1.807, 2.05) is 0 Å². The first kappa shape index (κ1) is 27.4. The zero-order valence-electron chi connectivity index (χ0n) is 20.5. The second-order valence-corrected chi connectivity index (χ2v) is 10.7. The minimum Gasteiger partial charge on any atom is -0.477 e. The number of amides is 2. The Hall–Kier alpha value is -4.15. The fraction of sp³-hybridized carbons (Fsp3) is 0.217. The molecule has 2 atom stereocenters. The summed E-state index contributed by atoms with van der Waals surface area (Å²) in [6.45, 7) is 0. The van der Waals surface area contributed by atoms with Crippen LogP contribution < -0.4 is 11.1 Å². The Kier molecular flexibility index (Phi) is 7.90. The summed E-state index contributed by atoms with van der Waals surface area (Å²) in [6, 6.07) is 7.31. The second-order valence-electron chi connectivity index (χ2n) is 8.21. The molecule has 0 aliphatic carbocycles. The van der Waals surface area contributed by atoms with Crippen LogP contribution in [0.15, 0.2) is 62.6 Å². The number of aliphatic carboxylic acids is 1. The number of hydrogen-bond donors (Lipinski definition) is 3. The van der Waals surface area contributed by atoms with Crippen molar-refractivity contribution in [1.29, 1.82) is 0 Å².